The predicted octanol–water partition coefficient (Wildman–Crippen LogP) is 3.13. The highest BCUT2D eigenvalue weighted by atomic mass is 35.5. The van der Waals surface area contributed by atoms with Crippen LogP contribution in [0.1, 0.15) is 5.56 Å². The lowest BCUT2D eigenvalue weighted by Gasteiger charge is -2.34. The number of amides is 1. The molecule has 0 atom stereocenters. The predicted molar refractivity (Wildman–Crippen MR) is 120 cm³/mol. The van der Waals surface area contributed by atoms with Crippen LogP contribution in [0.25, 0.3) is 0 Å². The van der Waals surface area contributed by atoms with Crippen LogP contribution in [0.2, 0.25) is 5.02 Å². The molecule has 0 bridgehead atoms. The molecule has 1 amide bonds. The maximum Gasteiger partial charge on any atom is 0.227 e. The first-order chi connectivity index (χ1) is 15.0. The van der Waals surface area contributed by atoms with Gasteiger partial charge in [-0.2, -0.15) is 0 Å². The zero-order chi connectivity index (χ0) is 22.2. The van der Waals surface area contributed by atoms with Crippen molar-refractivity contribution < 1.29 is 23.7 Å². The smallest absolute Gasteiger partial charge is 0.227 e. The summed E-state index contributed by atoms with van der Waals surface area (Å²) in [5.74, 6) is 2.52. The van der Waals surface area contributed by atoms with Crippen molar-refractivity contribution in [1.29, 1.82) is 0 Å². The average molecular weight is 449 g/mol. The van der Waals surface area contributed by atoms with Crippen LogP contribution in [0, 0.1) is 0 Å². The van der Waals surface area contributed by atoms with Crippen molar-refractivity contribution in [2.45, 2.75) is 6.42 Å². The van der Waals surface area contributed by atoms with E-state index in [0.717, 1.165) is 30.9 Å². The molecule has 2 aromatic rings. The Hall–Kier alpha value is -2.64. The van der Waals surface area contributed by atoms with Crippen LogP contribution in [0.4, 0.5) is 0 Å². The van der Waals surface area contributed by atoms with Crippen molar-refractivity contribution in [1.82, 2.24) is 9.80 Å². The topological polar surface area (TPSA) is 60.5 Å². The summed E-state index contributed by atoms with van der Waals surface area (Å²) < 4.78 is 21.9. The summed E-state index contributed by atoms with van der Waals surface area (Å²) in [6, 6.07) is 11.0. The molecule has 0 N–H and O–H groups in total. The van der Waals surface area contributed by atoms with Crippen LogP contribution < -0.4 is 18.9 Å². The second-order valence-corrected chi connectivity index (χ2v) is 7.67. The Labute approximate surface area is 188 Å². The SMILES string of the molecule is COc1cc(CC(=O)N2CCN(CCOc3ccc(Cl)cc3)CC2)cc(OC)c1OC. The fourth-order valence-electron chi connectivity index (χ4n) is 3.57. The standard InChI is InChI=1S/C23H29ClN2O5/c1-28-20-14-17(15-21(29-2)23(20)30-3)16-22(27)26-10-8-25(9-11-26)12-13-31-19-6-4-18(24)5-7-19/h4-7,14-15H,8-13,16H2,1-3H3. The summed E-state index contributed by atoms with van der Waals surface area (Å²) in [6.45, 7) is 4.46. The van der Waals surface area contributed by atoms with Gasteiger partial charge in [0.25, 0.3) is 0 Å². The lowest BCUT2D eigenvalue weighted by atomic mass is 10.1. The molecule has 2 aromatic carbocycles. The molecule has 1 aliphatic rings. The molecular formula is C23H29ClN2O5. The molecule has 1 saturated heterocycles. The normalized spacial score (nSPS) is 14.3. The van der Waals surface area contributed by atoms with Crippen LogP contribution in [0.5, 0.6) is 23.0 Å². The Kier molecular flexibility index (Phi) is 8.26. The van der Waals surface area contributed by atoms with Crippen molar-refractivity contribution in [3.8, 4) is 23.0 Å². The molecule has 0 spiro atoms. The van der Waals surface area contributed by atoms with Gasteiger partial charge in [0.05, 0.1) is 27.8 Å². The Morgan fingerprint density at radius 2 is 1.55 bits per heavy atom. The van der Waals surface area contributed by atoms with E-state index in [1.54, 1.807) is 21.3 Å². The molecule has 1 heterocycles. The van der Waals surface area contributed by atoms with Gasteiger partial charge < -0.3 is 23.8 Å². The summed E-state index contributed by atoms with van der Waals surface area (Å²) in [5.41, 5.74) is 0.832. The Morgan fingerprint density at radius 3 is 2.10 bits per heavy atom. The van der Waals surface area contributed by atoms with Gasteiger partial charge in [0.1, 0.15) is 12.4 Å². The van der Waals surface area contributed by atoms with Crippen LogP contribution in [-0.2, 0) is 11.2 Å². The molecule has 0 saturated carbocycles. The number of rotatable bonds is 9. The van der Waals surface area contributed by atoms with Crippen LogP contribution in [0.15, 0.2) is 36.4 Å². The Morgan fingerprint density at radius 1 is 0.935 bits per heavy atom. The van der Waals surface area contributed by atoms with E-state index in [-0.39, 0.29) is 12.3 Å². The third-order valence-electron chi connectivity index (χ3n) is 5.29. The molecule has 0 aromatic heterocycles. The van der Waals surface area contributed by atoms with E-state index in [9.17, 15) is 4.79 Å². The largest absolute Gasteiger partial charge is 0.493 e. The third-order valence-corrected chi connectivity index (χ3v) is 5.55. The average Bonchev–Trinajstić information content (AvgIpc) is 2.80. The van der Waals surface area contributed by atoms with Crippen LogP contribution in [-0.4, -0.2) is 76.4 Å². The molecule has 1 aliphatic heterocycles. The minimum absolute atomic E-state index is 0.0892. The molecule has 0 aliphatic carbocycles. The Balaban J connectivity index is 1.47. The molecule has 1 fully saturated rings. The maximum absolute atomic E-state index is 12.8. The van der Waals surface area contributed by atoms with E-state index in [4.69, 9.17) is 30.5 Å². The van der Waals surface area contributed by atoms with Gasteiger partial charge in [-0.3, -0.25) is 9.69 Å². The van der Waals surface area contributed by atoms with Crippen molar-refractivity contribution in [2.75, 3.05) is 60.7 Å². The molecule has 7 nitrogen and oxygen atoms in total. The van der Waals surface area contributed by atoms with Gasteiger partial charge >= 0.3 is 0 Å². The number of carbonyl (C=O) groups excluding carboxylic acids is 1. The number of benzene rings is 2. The molecular weight excluding hydrogens is 420 g/mol. The van der Waals surface area contributed by atoms with Crippen molar-refractivity contribution >= 4 is 17.5 Å². The minimum Gasteiger partial charge on any atom is -0.493 e. The third kappa shape index (κ3) is 6.18. The maximum atomic E-state index is 12.8. The molecule has 31 heavy (non-hydrogen) atoms. The zero-order valence-electron chi connectivity index (χ0n) is 18.2. The molecule has 168 valence electrons. The number of piperazine rings is 1. The van der Waals surface area contributed by atoms with Crippen LogP contribution in [0.3, 0.4) is 0 Å². The summed E-state index contributed by atoms with van der Waals surface area (Å²) in [6.07, 6.45) is 0.288. The number of nitrogens with zero attached hydrogens (tertiary/aromatic N) is 2. The minimum atomic E-state index is 0.0892. The van der Waals surface area contributed by atoms with E-state index in [0.29, 0.717) is 42.0 Å². The van der Waals surface area contributed by atoms with Crippen LogP contribution >= 0.6 is 11.6 Å². The van der Waals surface area contributed by atoms with Crippen molar-refractivity contribution in [3.63, 3.8) is 0 Å². The first-order valence-corrected chi connectivity index (χ1v) is 10.6. The number of carbonyl (C=O) groups is 1. The summed E-state index contributed by atoms with van der Waals surface area (Å²) in [7, 11) is 4.70. The van der Waals surface area contributed by atoms with Gasteiger partial charge in [0, 0.05) is 37.7 Å². The van der Waals surface area contributed by atoms with Gasteiger partial charge in [-0.05, 0) is 42.0 Å². The fraction of sp³-hybridized carbons (Fsp3) is 0.435. The molecule has 0 unspecified atom stereocenters. The van der Waals surface area contributed by atoms with E-state index in [1.807, 2.05) is 41.3 Å². The molecule has 8 heteroatoms. The van der Waals surface area contributed by atoms with Gasteiger partial charge in [0.15, 0.2) is 11.5 Å². The van der Waals surface area contributed by atoms with E-state index >= 15 is 0 Å². The fourth-order valence-corrected chi connectivity index (χ4v) is 3.69. The van der Waals surface area contributed by atoms with Gasteiger partial charge in [-0.15, -0.1) is 0 Å². The number of halogens is 1. The highest BCUT2D eigenvalue weighted by molar-refractivity contribution is 6.30. The summed E-state index contributed by atoms with van der Waals surface area (Å²) >= 11 is 5.89. The Bertz CT molecular complexity index is 842. The van der Waals surface area contributed by atoms with Gasteiger partial charge in [-0.25, -0.2) is 0 Å². The number of ether oxygens (including phenoxy) is 4. The van der Waals surface area contributed by atoms with E-state index in [2.05, 4.69) is 4.90 Å². The highest BCUT2D eigenvalue weighted by Crippen LogP contribution is 2.38. The molecule has 3 rings (SSSR count). The summed E-state index contributed by atoms with van der Waals surface area (Å²) in [5, 5.41) is 0.694. The monoisotopic (exact) mass is 448 g/mol. The number of hydrogen-bond donors (Lipinski definition) is 0. The van der Waals surface area contributed by atoms with Gasteiger partial charge in [0.2, 0.25) is 11.7 Å². The molecule has 0 radical (unpaired) electrons. The van der Waals surface area contributed by atoms with Crippen molar-refractivity contribution in [2.24, 2.45) is 0 Å². The van der Waals surface area contributed by atoms with E-state index in [1.165, 1.54) is 0 Å². The van der Waals surface area contributed by atoms with Gasteiger partial charge in [-0.1, -0.05) is 11.6 Å². The lowest BCUT2D eigenvalue weighted by Crippen LogP contribution is -2.49. The first kappa shape index (κ1) is 23.0. The zero-order valence-corrected chi connectivity index (χ0v) is 19.0. The number of hydrogen-bond acceptors (Lipinski definition) is 6. The first-order valence-electron chi connectivity index (χ1n) is 10.2. The van der Waals surface area contributed by atoms with Crippen molar-refractivity contribution in [3.05, 3.63) is 47.0 Å². The van der Waals surface area contributed by atoms with E-state index < -0.39 is 0 Å². The lowest BCUT2D eigenvalue weighted by molar-refractivity contribution is -0.132. The quantitative estimate of drug-likeness (QED) is 0.587. The second-order valence-electron chi connectivity index (χ2n) is 7.24. The summed E-state index contributed by atoms with van der Waals surface area (Å²) in [4.78, 5) is 17.0. The second kappa shape index (κ2) is 11.1. The highest BCUT2D eigenvalue weighted by Gasteiger charge is 2.22. The number of methoxy groups -OCH3 is 3.